The molecule has 2 aromatic rings. The molecule has 4 nitrogen and oxygen atoms in total. The highest BCUT2D eigenvalue weighted by atomic mass is 16.2. The minimum absolute atomic E-state index is 0.00447. The van der Waals surface area contributed by atoms with Crippen LogP contribution < -0.4 is 5.32 Å². The van der Waals surface area contributed by atoms with E-state index in [0.717, 1.165) is 36.2 Å². The van der Waals surface area contributed by atoms with Crippen LogP contribution in [-0.4, -0.2) is 16.7 Å². The predicted molar refractivity (Wildman–Crippen MR) is 97.9 cm³/mol. The number of nitrogens with one attached hydrogen (secondary N) is 2. The van der Waals surface area contributed by atoms with E-state index in [1.807, 2.05) is 38.1 Å². The summed E-state index contributed by atoms with van der Waals surface area (Å²) in [6.07, 6.45) is 3.72. The third kappa shape index (κ3) is 3.94. The highest BCUT2D eigenvalue weighted by Gasteiger charge is 2.22. The van der Waals surface area contributed by atoms with Crippen molar-refractivity contribution in [2.24, 2.45) is 0 Å². The number of anilines is 1. The summed E-state index contributed by atoms with van der Waals surface area (Å²) in [5.74, 6) is -0.201. The summed E-state index contributed by atoms with van der Waals surface area (Å²) in [6.45, 7) is 7.57. The quantitative estimate of drug-likeness (QED) is 0.725. The number of aromatic amines is 1. The molecule has 2 N–H and O–H groups in total. The third-order valence-electron chi connectivity index (χ3n) is 4.12. The molecular formula is C20H26N2O2. The molecule has 0 spiro atoms. The van der Waals surface area contributed by atoms with E-state index in [-0.39, 0.29) is 11.7 Å². The van der Waals surface area contributed by atoms with Gasteiger partial charge in [0.2, 0.25) is 0 Å². The number of carbonyl (C=O) groups excluding carboxylic acids is 2. The zero-order valence-electron chi connectivity index (χ0n) is 15.0. The van der Waals surface area contributed by atoms with Crippen molar-refractivity contribution in [3.05, 3.63) is 52.3 Å². The first-order chi connectivity index (χ1) is 11.5. The highest BCUT2D eigenvalue weighted by Crippen LogP contribution is 2.22. The van der Waals surface area contributed by atoms with Gasteiger partial charge in [0.05, 0.1) is 0 Å². The summed E-state index contributed by atoms with van der Waals surface area (Å²) >= 11 is 0. The van der Waals surface area contributed by atoms with Crippen molar-refractivity contribution in [3.63, 3.8) is 0 Å². The minimum atomic E-state index is -0.197. The van der Waals surface area contributed by atoms with E-state index in [1.165, 1.54) is 5.56 Å². The summed E-state index contributed by atoms with van der Waals surface area (Å²) in [5, 5.41) is 2.92. The average molecular weight is 326 g/mol. The van der Waals surface area contributed by atoms with Crippen LogP contribution in [0.3, 0.4) is 0 Å². The van der Waals surface area contributed by atoms with Gasteiger partial charge in [0.25, 0.3) is 5.91 Å². The first-order valence-corrected chi connectivity index (χ1v) is 8.60. The van der Waals surface area contributed by atoms with Crippen LogP contribution in [0.5, 0.6) is 0 Å². The molecule has 1 heterocycles. The molecular weight excluding hydrogens is 300 g/mol. The molecule has 0 aliphatic heterocycles. The van der Waals surface area contributed by atoms with Crippen molar-refractivity contribution < 1.29 is 9.59 Å². The normalized spacial score (nSPS) is 10.7. The molecule has 0 saturated carbocycles. The number of carbonyl (C=O) groups is 2. The second kappa shape index (κ2) is 7.95. The van der Waals surface area contributed by atoms with Crippen LogP contribution in [0.2, 0.25) is 0 Å². The van der Waals surface area contributed by atoms with E-state index < -0.39 is 0 Å². The van der Waals surface area contributed by atoms with Gasteiger partial charge in [-0.15, -0.1) is 0 Å². The van der Waals surface area contributed by atoms with Gasteiger partial charge in [0.1, 0.15) is 5.69 Å². The maximum absolute atomic E-state index is 12.7. The molecule has 0 radical (unpaired) electrons. The van der Waals surface area contributed by atoms with Crippen LogP contribution in [0.4, 0.5) is 5.69 Å². The van der Waals surface area contributed by atoms with E-state index in [4.69, 9.17) is 0 Å². The SMILES string of the molecule is CCCc1ccc(NC(=O)c2[nH]c(C)c(C(C)=O)c2CCC)cc1. The van der Waals surface area contributed by atoms with Gasteiger partial charge in [-0.1, -0.05) is 38.8 Å². The van der Waals surface area contributed by atoms with E-state index in [0.29, 0.717) is 17.7 Å². The van der Waals surface area contributed by atoms with Gasteiger partial charge in [-0.2, -0.15) is 0 Å². The summed E-state index contributed by atoms with van der Waals surface area (Å²) in [7, 11) is 0. The maximum Gasteiger partial charge on any atom is 0.272 e. The lowest BCUT2D eigenvalue weighted by Crippen LogP contribution is -2.15. The third-order valence-corrected chi connectivity index (χ3v) is 4.12. The van der Waals surface area contributed by atoms with E-state index in [1.54, 1.807) is 6.92 Å². The van der Waals surface area contributed by atoms with Crippen LogP contribution in [0.1, 0.15) is 71.3 Å². The molecule has 0 aliphatic rings. The molecule has 2 rings (SSSR count). The van der Waals surface area contributed by atoms with Crippen LogP contribution in [0, 0.1) is 6.92 Å². The molecule has 0 fully saturated rings. The standard InChI is InChI=1S/C20H26N2O2/c1-5-7-15-9-11-16(12-10-15)22-20(24)19-17(8-6-2)18(14(4)23)13(3)21-19/h9-12,21H,5-8H2,1-4H3,(H,22,24). The number of benzene rings is 1. The van der Waals surface area contributed by atoms with Crippen LogP contribution in [0.15, 0.2) is 24.3 Å². The molecule has 1 aromatic heterocycles. The molecule has 1 amide bonds. The maximum atomic E-state index is 12.7. The van der Waals surface area contributed by atoms with Crippen molar-refractivity contribution in [2.75, 3.05) is 5.32 Å². The lowest BCUT2D eigenvalue weighted by Gasteiger charge is -2.08. The summed E-state index contributed by atoms with van der Waals surface area (Å²) in [5.41, 5.74) is 4.75. The first kappa shape index (κ1) is 18.0. The monoisotopic (exact) mass is 326 g/mol. The van der Waals surface area contributed by atoms with Crippen LogP contribution in [-0.2, 0) is 12.8 Å². The minimum Gasteiger partial charge on any atom is -0.354 e. The van der Waals surface area contributed by atoms with E-state index in [2.05, 4.69) is 17.2 Å². The molecule has 0 atom stereocenters. The largest absolute Gasteiger partial charge is 0.354 e. The zero-order valence-corrected chi connectivity index (χ0v) is 15.0. The van der Waals surface area contributed by atoms with E-state index in [9.17, 15) is 9.59 Å². The Balaban J connectivity index is 2.26. The Hall–Kier alpha value is -2.36. The van der Waals surface area contributed by atoms with Gasteiger partial charge in [0.15, 0.2) is 5.78 Å². The summed E-state index contributed by atoms with van der Waals surface area (Å²) in [4.78, 5) is 27.7. The van der Waals surface area contributed by atoms with Gasteiger partial charge < -0.3 is 10.3 Å². The Morgan fingerprint density at radius 3 is 2.21 bits per heavy atom. The Morgan fingerprint density at radius 2 is 1.67 bits per heavy atom. The van der Waals surface area contributed by atoms with Gasteiger partial charge in [-0.05, 0) is 49.9 Å². The van der Waals surface area contributed by atoms with Crippen molar-refractivity contribution in [2.45, 2.75) is 53.4 Å². The molecule has 0 bridgehead atoms. The second-order valence-electron chi connectivity index (χ2n) is 6.19. The Labute approximate surface area is 143 Å². The highest BCUT2D eigenvalue weighted by molar-refractivity contribution is 6.07. The molecule has 128 valence electrons. The Bertz CT molecular complexity index is 727. The molecule has 4 heteroatoms. The van der Waals surface area contributed by atoms with Crippen molar-refractivity contribution >= 4 is 17.4 Å². The topological polar surface area (TPSA) is 62.0 Å². The van der Waals surface area contributed by atoms with Crippen molar-refractivity contribution in [1.82, 2.24) is 4.98 Å². The zero-order chi connectivity index (χ0) is 17.7. The number of ketones is 1. The predicted octanol–water partition coefficient (Wildman–Crippen LogP) is 4.68. The number of H-pyrrole nitrogens is 1. The second-order valence-corrected chi connectivity index (χ2v) is 6.19. The van der Waals surface area contributed by atoms with Gasteiger partial charge >= 0.3 is 0 Å². The molecule has 0 saturated heterocycles. The van der Waals surface area contributed by atoms with Gasteiger partial charge in [0, 0.05) is 16.9 Å². The molecule has 24 heavy (non-hydrogen) atoms. The average Bonchev–Trinajstić information content (AvgIpc) is 2.86. The number of rotatable bonds is 7. The lowest BCUT2D eigenvalue weighted by atomic mass is 10.0. The molecule has 0 aliphatic carbocycles. The van der Waals surface area contributed by atoms with Crippen LogP contribution in [0.25, 0.3) is 0 Å². The smallest absolute Gasteiger partial charge is 0.272 e. The number of amides is 1. The van der Waals surface area contributed by atoms with E-state index >= 15 is 0 Å². The number of hydrogen-bond acceptors (Lipinski definition) is 2. The fourth-order valence-corrected chi connectivity index (χ4v) is 3.08. The van der Waals surface area contributed by atoms with Crippen molar-refractivity contribution in [1.29, 1.82) is 0 Å². The number of hydrogen-bond donors (Lipinski definition) is 2. The summed E-state index contributed by atoms with van der Waals surface area (Å²) < 4.78 is 0. The number of Topliss-reactive ketones (excluding diaryl/α,β-unsaturated/α-hetero) is 1. The lowest BCUT2D eigenvalue weighted by molar-refractivity contribution is 0.101. The number of aromatic nitrogens is 1. The summed E-state index contributed by atoms with van der Waals surface area (Å²) in [6, 6.07) is 7.91. The fourth-order valence-electron chi connectivity index (χ4n) is 3.08. The number of aryl methyl sites for hydroxylation is 2. The Kier molecular flexibility index (Phi) is 5.96. The molecule has 1 aromatic carbocycles. The fraction of sp³-hybridized carbons (Fsp3) is 0.400. The molecule has 0 unspecified atom stereocenters. The van der Waals surface area contributed by atoms with Crippen LogP contribution >= 0.6 is 0 Å². The first-order valence-electron chi connectivity index (χ1n) is 8.60. The van der Waals surface area contributed by atoms with Gasteiger partial charge in [-0.3, -0.25) is 9.59 Å². The van der Waals surface area contributed by atoms with Gasteiger partial charge in [-0.25, -0.2) is 0 Å². The van der Waals surface area contributed by atoms with Crippen molar-refractivity contribution in [3.8, 4) is 0 Å². The Morgan fingerprint density at radius 1 is 1.04 bits per heavy atom.